The summed E-state index contributed by atoms with van der Waals surface area (Å²) in [4.78, 5) is 12.1. The number of anilines is 1. The van der Waals surface area contributed by atoms with Gasteiger partial charge in [-0.2, -0.15) is 0 Å². The second-order valence-corrected chi connectivity index (χ2v) is 8.52. The van der Waals surface area contributed by atoms with Crippen molar-refractivity contribution >= 4 is 33.2 Å². The zero-order valence-electron chi connectivity index (χ0n) is 13.9. The summed E-state index contributed by atoms with van der Waals surface area (Å²) in [6, 6.07) is 9.19. The van der Waals surface area contributed by atoms with E-state index in [1.165, 1.54) is 42.5 Å². The number of halogens is 2. The Morgan fingerprint density at radius 1 is 1.08 bits per heavy atom. The number of hydrogen-bond donors (Lipinski definition) is 2. The molecule has 0 bridgehead atoms. The van der Waals surface area contributed by atoms with Crippen molar-refractivity contribution in [3.63, 3.8) is 0 Å². The molecule has 25 heavy (non-hydrogen) atoms. The van der Waals surface area contributed by atoms with Gasteiger partial charge in [-0.1, -0.05) is 11.6 Å². The molecule has 2 aromatic carbocycles. The second kappa shape index (κ2) is 7.11. The first kappa shape index (κ1) is 19.4. The van der Waals surface area contributed by atoms with Crippen LogP contribution in [-0.4, -0.2) is 19.9 Å². The van der Waals surface area contributed by atoms with Crippen LogP contribution in [0.15, 0.2) is 47.4 Å². The van der Waals surface area contributed by atoms with Gasteiger partial charge in [0.15, 0.2) is 0 Å². The number of rotatable bonds is 4. The molecule has 0 aliphatic heterocycles. The maximum Gasteiger partial charge on any atom is 0.255 e. The molecule has 0 unspecified atom stereocenters. The average Bonchev–Trinajstić information content (AvgIpc) is 2.47. The summed E-state index contributed by atoms with van der Waals surface area (Å²) in [6.07, 6.45) is 0. The van der Waals surface area contributed by atoms with E-state index in [1.807, 2.05) is 0 Å². The third-order valence-electron chi connectivity index (χ3n) is 3.03. The Morgan fingerprint density at radius 3 is 2.24 bits per heavy atom. The van der Waals surface area contributed by atoms with Gasteiger partial charge in [0.25, 0.3) is 5.91 Å². The minimum Gasteiger partial charge on any atom is -0.322 e. The van der Waals surface area contributed by atoms with Gasteiger partial charge >= 0.3 is 0 Å². The van der Waals surface area contributed by atoms with E-state index < -0.39 is 27.3 Å². The molecule has 0 aromatic heterocycles. The summed E-state index contributed by atoms with van der Waals surface area (Å²) >= 11 is 6.00. The average molecular weight is 385 g/mol. The third-order valence-corrected chi connectivity index (χ3v) is 5.27. The number of nitrogens with one attached hydrogen (secondary N) is 2. The van der Waals surface area contributed by atoms with E-state index in [0.29, 0.717) is 5.69 Å². The highest BCUT2D eigenvalue weighted by atomic mass is 35.5. The Morgan fingerprint density at radius 2 is 1.68 bits per heavy atom. The Hall–Kier alpha value is -1.96. The topological polar surface area (TPSA) is 75.3 Å². The molecular weight excluding hydrogens is 367 g/mol. The van der Waals surface area contributed by atoms with Crippen LogP contribution < -0.4 is 10.0 Å². The van der Waals surface area contributed by atoms with Crippen molar-refractivity contribution in [2.24, 2.45) is 0 Å². The van der Waals surface area contributed by atoms with E-state index >= 15 is 0 Å². The Bertz CT molecular complexity index is 891. The van der Waals surface area contributed by atoms with Crippen LogP contribution in [0.4, 0.5) is 10.1 Å². The summed E-state index contributed by atoms with van der Waals surface area (Å²) in [5.74, 6) is -0.957. The van der Waals surface area contributed by atoms with E-state index in [-0.39, 0.29) is 15.5 Å². The second-order valence-electron chi connectivity index (χ2n) is 6.46. The molecular formula is C17H18ClFN2O3S. The molecule has 0 fully saturated rings. The molecule has 2 N–H and O–H groups in total. The van der Waals surface area contributed by atoms with Crippen molar-refractivity contribution in [1.29, 1.82) is 0 Å². The number of hydrogen-bond acceptors (Lipinski definition) is 3. The molecule has 0 aliphatic carbocycles. The summed E-state index contributed by atoms with van der Waals surface area (Å²) in [6.45, 7) is 5.09. The highest BCUT2D eigenvalue weighted by Crippen LogP contribution is 2.24. The highest BCUT2D eigenvalue weighted by molar-refractivity contribution is 7.89. The number of amides is 1. The van der Waals surface area contributed by atoms with Gasteiger partial charge in [-0.25, -0.2) is 17.5 Å². The first-order chi connectivity index (χ1) is 11.5. The van der Waals surface area contributed by atoms with E-state index in [1.54, 1.807) is 20.8 Å². The Balaban J connectivity index is 2.32. The van der Waals surface area contributed by atoms with Gasteiger partial charge in [-0.05, 0) is 63.2 Å². The van der Waals surface area contributed by atoms with Gasteiger partial charge in [0.05, 0.1) is 5.02 Å². The van der Waals surface area contributed by atoms with E-state index in [4.69, 9.17) is 11.6 Å². The van der Waals surface area contributed by atoms with Gasteiger partial charge in [0, 0.05) is 16.8 Å². The maximum atomic E-state index is 12.9. The Kier molecular flexibility index (Phi) is 5.51. The summed E-state index contributed by atoms with van der Waals surface area (Å²) in [5, 5.41) is 2.58. The molecule has 1 amide bonds. The number of benzene rings is 2. The van der Waals surface area contributed by atoms with Crippen molar-refractivity contribution in [3.05, 3.63) is 58.9 Å². The molecule has 8 heteroatoms. The lowest BCUT2D eigenvalue weighted by Crippen LogP contribution is -2.40. The largest absolute Gasteiger partial charge is 0.322 e. The lowest BCUT2D eigenvalue weighted by atomic mass is 10.1. The fourth-order valence-corrected chi connectivity index (χ4v) is 3.99. The smallest absolute Gasteiger partial charge is 0.255 e. The fourth-order valence-electron chi connectivity index (χ4n) is 2.05. The first-order valence-electron chi connectivity index (χ1n) is 7.38. The van der Waals surface area contributed by atoms with Crippen LogP contribution in [0, 0.1) is 5.82 Å². The van der Waals surface area contributed by atoms with Crippen LogP contribution in [0.2, 0.25) is 5.02 Å². The SMILES string of the molecule is CC(C)(C)NS(=O)(=O)c1cc(C(=O)Nc2ccc(F)cc2)ccc1Cl. The fraction of sp³-hybridized carbons (Fsp3) is 0.235. The van der Waals surface area contributed by atoms with Crippen LogP contribution in [-0.2, 0) is 10.0 Å². The maximum absolute atomic E-state index is 12.9. The minimum atomic E-state index is -3.89. The lowest BCUT2D eigenvalue weighted by Gasteiger charge is -2.21. The van der Waals surface area contributed by atoms with Crippen molar-refractivity contribution in [1.82, 2.24) is 4.72 Å². The monoisotopic (exact) mass is 384 g/mol. The molecule has 0 aliphatic rings. The van der Waals surface area contributed by atoms with Crippen LogP contribution in [0.3, 0.4) is 0 Å². The highest BCUT2D eigenvalue weighted by Gasteiger charge is 2.25. The first-order valence-corrected chi connectivity index (χ1v) is 9.24. The number of carbonyl (C=O) groups excluding carboxylic acids is 1. The molecule has 0 atom stereocenters. The quantitative estimate of drug-likeness (QED) is 0.841. The van der Waals surface area contributed by atoms with Crippen molar-refractivity contribution in [3.8, 4) is 0 Å². The lowest BCUT2D eigenvalue weighted by molar-refractivity contribution is 0.102. The van der Waals surface area contributed by atoms with E-state index in [0.717, 1.165) is 0 Å². The molecule has 2 rings (SSSR count). The van der Waals surface area contributed by atoms with E-state index in [2.05, 4.69) is 10.0 Å². The molecule has 0 saturated carbocycles. The minimum absolute atomic E-state index is 0.00934. The van der Waals surface area contributed by atoms with Gasteiger partial charge < -0.3 is 5.32 Å². The molecule has 0 saturated heterocycles. The standard InChI is InChI=1S/C17H18ClFN2O3S/c1-17(2,3)21-25(23,24)15-10-11(4-9-14(15)18)16(22)20-13-7-5-12(19)6-8-13/h4-10,21H,1-3H3,(H,20,22). The van der Waals surface area contributed by atoms with Crippen molar-refractivity contribution in [2.45, 2.75) is 31.2 Å². The van der Waals surface area contributed by atoms with Crippen LogP contribution >= 0.6 is 11.6 Å². The number of carbonyl (C=O) groups is 1. The molecule has 134 valence electrons. The normalized spacial score (nSPS) is 12.0. The van der Waals surface area contributed by atoms with Crippen LogP contribution in [0.25, 0.3) is 0 Å². The summed E-state index contributed by atoms with van der Waals surface area (Å²) in [5.41, 5.74) is -0.198. The summed E-state index contributed by atoms with van der Waals surface area (Å²) < 4.78 is 40.3. The molecule has 0 radical (unpaired) electrons. The third kappa shape index (κ3) is 5.26. The zero-order chi connectivity index (χ0) is 18.8. The summed E-state index contributed by atoms with van der Waals surface area (Å²) in [7, 11) is -3.89. The molecule has 2 aromatic rings. The zero-order valence-corrected chi connectivity index (χ0v) is 15.5. The van der Waals surface area contributed by atoms with Crippen molar-refractivity contribution < 1.29 is 17.6 Å². The van der Waals surface area contributed by atoms with Gasteiger partial charge in [0.2, 0.25) is 10.0 Å². The predicted octanol–water partition coefficient (Wildman–Crippen LogP) is 3.81. The predicted molar refractivity (Wildman–Crippen MR) is 95.9 cm³/mol. The molecule has 0 spiro atoms. The van der Waals surface area contributed by atoms with E-state index in [9.17, 15) is 17.6 Å². The number of sulfonamides is 1. The Labute approximate surface area is 151 Å². The van der Waals surface area contributed by atoms with Gasteiger partial charge in [-0.15, -0.1) is 0 Å². The molecule has 5 nitrogen and oxygen atoms in total. The van der Waals surface area contributed by atoms with Crippen LogP contribution in [0.1, 0.15) is 31.1 Å². The molecule has 0 heterocycles. The van der Waals surface area contributed by atoms with Gasteiger partial charge in [-0.3, -0.25) is 4.79 Å². The van der Waals surface area contributed by atoms with Gasteiger partial charge in [0.1, 0.15) is 10.7 Å². The van der Waals surface area contributed by atoms with Crippen molar-refractivity contribution in [2.75, 3.05) is 5.32 Å². The van der Waals surface area contributed by atoms with Crippen LogP contribution in [0.5, 0.6) is 0 Å².